The van der Waals surface area contributed by atoms with Crippen molar-refractivity contribution in [3.05, 3.63) is 63.7 Å². The summed E-state index contributed by atoms with van der Waals surface area (Å²) in [6.45, 7) is 4.66. The second kappa shape index (κ2) is 6.19. The van der Waals surface area contributed by atoms with Crippen molar-refractivity contribution < 1.29 is 4.79 Å². The molecule has 0 bridgehead atoms. The first-order valence-corrected chi connectivity index (χ1v) is 7.13. The van der Waals surface area contributed by atoms with Crippen molar-refractivity contribution in [2.45, 2.75) is 20.4 Å². The quantitative estimate of drug-likeness (QED) is 0.876. The highest BCUT2D eigenvalue weighted by Crippen LogP contribution is 2.20. The largest absolute Gasteiger partial charge is 0.398 e. The number of nitrogens with zero attached hydrogens (tertiary/aromatic N) is 1. The molecule has 0 fully saturated rings. The van der Waals surface area contributed by atoms with Gasteiger partial charge >= 0.3 is 0 Å². The van der Waals surface area contributed by atoms with Crippen LogP contribution in [0, 0.1) is 13.8 Å². The number of amides is 1. The molecule has 0 heterocycles. The zero-order valence-corrected chi connectivity index (χ0v) is 13.2. The van der Waals surface area contributed by atoms with Gasteiger partial charge in [0.1, 0.15) is 0 Å². The van der Waals surface area contributed by atoms with Crippen LogP contribution in [0.3, 0.4) is 0 Å². The SMILES string of the molecule is Cc1ccc(CN(C)C(=O)c2ccc(Cl)cc2N)c(C)c1. The summed E-state index contributed by atoms with van der Waals surface area (Å²) in [5.74, 6) is -0.107. The molecule has 0 saturated carbocycles. The monoisotopic (exact) mass is 302 g/mol. The molecule has 0 aliphatic heterocycles. The van der Waals surface area contributed by atoms with E-state index < -0.39 is 0 Å². The van der Waals surface area contributed by atoms with Gasteiger partial charge in [-0.15, -0.1) is 0 Å². The molecule has 0 aliphatic rings. The molecule has 2 rings (SSSR count). The molecule has 0 aromatic heterocycles. The highest BCUT2D eigenvalue weighted by atomic mass is 35.5. The first kappa shape index (κ1) is 15.4. The van der Waals surface area contributed by atoms with E-state index in [1.807, 2.05) is 0 Å². The van der Waals surface area contributed by atoms with Gasteiger partial charge in [0.05, 0.1) is 5.56 Å². The summed E-state index contributed by atoms with van der Waals surface area (Å²) >= 11 is 5.86. The maximum absolute atomic E-state index is 12.5. The minimum absolute atomic E-state index is 0.107. The van der Waals surface area contributed by atoms with E-state index in [4.69, 9.17) is 17.3 Å². The Balaban J connectivity index is 2.19. The molecule has 110 valence electrons. The van der Waals surface area contributed by atoms with E-state index in [-0.39, 0.29) is 5.91 Å². The normalized spacial score (nSPS) is 10.5. The molecule has 2 aromatic carbocycles. The van der Waals surface area contributed by atoms with Crippen LogP contribution in [-0.2, 0) is 6.54 Å². The average Bonchev–Trinajstić information content (AvgIpc) is 2.41. The van der Waals surface area contributed by atoms with Crippen LogP contribution < -0.4 is 5.73 Å². The van der Waals surface area contributed by atoms with Crippen molar-refractivity contribution in [3.63, 3.8) is 0 Å². The van der Waals surface area contributed by atoms with Crippen LogP contribution in [-0.4, -0.2) is 17.9 Å². The van der Waals surface area contributed by atoms with Gasteiger partial charge in [-0.25, -0.2) is 0 Å². The molecule has 3 nitrogen and oxygen atoms in total. The molecule has 2 aromatic rings. The lowest BCUT2D eigenvalue weighted by molar-refractivity contribution is 0.0786. The van der Waals surface area contributed by atoms with Gasteiger partial charge in [-0.05, 0) is 43.2 Å². The molecule has 0 saturated heterocycles. The number of rotatable bonds is 3. The summed E-state index contributed by atoms with van der Waals surface area (Å²) in [4.78, 5) is 14.1. The van der Waals surface area contributed by atoms with Crippen LogP contribution in [0.2, 0.25) is 5.02 Å². The van der Waals surface area contributed by atoms with Crippen LogP contribution in [0.4, 0.5) is 5.69 Å². The Morgan fingerprint density at radius 3 is 2.52 bits per heavy atom. The fraction of sp³-hybridized carbons (Fsp3) is 0.235. The Bertz CT molecular complexity index is 682. The number of carbonyl (C=O) groups excluding carboxylic acids is 1. The van der Waals surface area contributed by atoms with Crippen molar-refractivity contribution in [3.8, 4) is 0 Å². The lowest BCUT2D eigenvalue weighted by Crippen LogP contribution is -2.27. The summed E-state index contributed by atoms with van der Waals surface area (Å²) in [7, 11) is 1.77. The van der Waals surface area contributed by atoms with Crippen molar-refractivity contribution in [2.75, 3.05) is 12.8 Å². The number of aryl methyl sites for hydroxylation is 2. The van der Waals surface area contributed by atoms with E-state index in [2.05, 4.69) is 32.0 Å². The Morgan fingerprint density at radius 1 is 1.19 bits per heavy atom. The van der Waals surface area contributed by atoms with Crippen LogP contribution >= 0.6 is 11.6 Å². The third-order valence-electron chi connectivity index (χ3n) is 3.50. The third-order valence-corrected chi connectivity index (χ3v) is 3.73. The molecule has 21 heavy (non-hydrogen) atoms. The second-order valence-corrected chi connectivity index (χ2v) is 5.76. The highest BCUT2D eigenvalue weighted by Gasteiger charge is 2.15. The minimum atomic E-state index is -0.107. The molecular formula is C17H19ClN2O. The van der Waals surface area contributed by atoms with Crippen LogP contribution in [0.5, 0.6) is 0 Å². The first-order valence-electron chi connectivity index (χ1n) is 6.75. The predicted octanol–water partition coefficient (Wildman–Crippen LogP) is 3.81. The van der Waals surface area contributed by atoms with Gasteiger partial charge in [0, 0.05) is 24.3 Å². The summed E-state index contributed by atoms with van der Waals surface area (Å²) in [5, 5.41) is 0.529. The summed E-state index contributed by atoms with van der Waals surface area (Å²) in [5.41, 5.74) is 10.3. The Kier molecular flexibility index (Phi) is 4.53. The van der Waals surface area contributed by atoms with E-state index in [0.29, 0.717) is 22.8 Å². The smallest absolute Gasteiger partial charge is 0.255 e. The van der Waals surface area contributed by atoms with Crippen molar-refractivity contribution in [1.82, 2.24) is 4.90 Å². The van der Waals surface area contributed by atoms with Crippen molar-refractivity contribution in [1.29, 1.82) is 0 Å². The maximum atomic E-state index is 12.5. The van der Waals surface area contributed by atoms with Gasteiger partial charge in [-0.3, -0.25) is 4.79 Å². The summed E-state index contributed by atoms with van der Waals surface area (Å²) in [6.07, 6.45) is 0. The average molecular weight is 303 g/mol. The summed E-state index contributed by atoms with van der Waals surface area (Å²) in [6, 6.07) is 11.2. The molecule has 0 unspecified atom stereocenters. The number of carbonyl (C=O) groups is 1. The standard InChI is InChI=1S/C17H19ClN2O/c1-11-4-5-13(12(2)8-11)10-20(3)17(21)15-7-6-14(18)9-16(15)19/h4-9H,10,19H2,1-3H3. The molecule has 0 radical (unpaired) electrons. The van der Waals surface area contributed by atoms with E-state index in [9.17, 15) is 4.79 Å². The predicted molar refractivity (Wildman–Crippen MR) is 87.6 cm³/mol. The first-order chi connectivity index (χ1) is 9.88. The zero-order chi connectivity index (χ0) is 15.6. The van der Waals surface area contributed by atoms with E-state index in [1.165, 1.54) is 11.1 Å². The summed E-state index contributed by atoms with van der Waals surface area (Å²) < 4.78 is 0. The van der Waals surface area contributed by atoms with Crippen molar-refractivity contribution >= 4 is 23.2 Å². The van der Waals surface area contributed by atoms with Crippen LogP contribution in [0.1, 0.15) is 27.0 Å². The fourth-order valence-corrected chi connectivity index (χ4v) is 2.47. The van der Waals surface area contributed by atoms with Gasteiger partial charge in [-0.1, -0.05) is 35.4 Å². The third kappa shape index (κ3) is 3.56. The lowest BCUT2D eigenvalue weighted by Gasteiger charge is -2.19. The second-order valence-electron chi connectivity index (χ2n) is 5.32. The van der Waals surface area contributed by atoms with Gasteiger partial charge < -0.3 is 10.6 Å². The maximum Gasteiger partial charge on any atom is 0.255 e. The molecule has 0 atom stereocenters. The van der Waals surface area contributed by atoms with E-state index >= 15 is 0 Å². The van der Waals surface area contributed by atoms with Gasteiger partial charge in [0.2, 0.25) is 0 Å². The van der Waals surface area contributed by atoms with Crippen molar-refractivity contribution in [2.24, 2.45) is 0 Å². The molecule has 0 aliphatic carbocycles. The number of nitrogens with two attached hydrogens (primary N) is 1. The zero-order valence-electron chi connectivity index (χ0n) is 12.5. The number of anilines is 1. The van der Waals surface area contributed by atoms with Gasteiger partial charge in [-0.2, -0.15) is 0 Å². The lowest BCUT2D eigenvalue weighted by atomic mass is 10.0. The van der Waals surface area contributed by atoms with Crippen LogP contribution in [0.15, 0.2) is 36.4 Å². The van der Waals surface area contributed by atoms with Gasteiger partial charge in [0.25, 0.3) is 5.91 Å². The highest BCUT2D eigenvalue weighted by molar-refractivity contribution is 6.31. The molecule has 2 N–H and O–H groups in total. The molecular weight excluding hydrogens is 284 g/mol. The number of hydrogen-bond acceptors (Lipinski definition) is 2. The molecule has 0 spiro atoms. The number of benzene rings is 2. The van der Waals surface area contributed by atoms with Crippen LogP contribution in [0.25, 0.3) is 0 Å². The fourth-order valence-electron chi connectivity index (χ4n) is 2.28. The topological polar surface area (TPSA) is 46.3 Å². The van der Waals surface area contributed by atoms with E-state index in [1.54, 1.807) is 30.1 Å². The Morgan fingerprint density at radius 2 is 1.90 bits per heavy atom. The number of hydrogen-bond donors (Lipinski definition) is 1. The molecule has 1 amide bonds. The van der Waals surface area contributed by atoms with Gasteiger partial charge in [0.15, 0.2) is 0 Å². The Hall–Kier alpha value is -2.00. The number of halogens is 1. The Labute approximate surface area is 130 Å². The minimum Gasteiger partial charge on any atom is -0.398 e. The van der Waals surface area contributed by atoms with E-state index in [0.717, 1.165) is 5.56 Å². The number of nitrogen functional groups attached to an aromatic ring is 1. The molecule has 4 heteroatoms.